The summed E-state index contributed by atoms with van der Waals surface area (Å²) in [6, 6.07) is 2.69. The second kappa shape index (κ2) is 6.40. The highest BCUT2D eigenvalue weighted by atomic mass is 32.1. The van der Waals surface area contributed by atoms with E-state index in [2.05, 4.69) is 10.1 Å². The molecule has 0 aliphatic carbocycles. The predicted molar refractivity (Wildman–Crippen MR) is 73.6 cm³/mol. The van der Waals surface area contributed by atoms with Crippen molar-refractivity contribution in [3.05, 3.63) is 44.6 Å². The molecule has 0 fully saturated rings. The van der Waals surface area contributed by atoms with E-state index in [1.54, 1.807) is 11.6 Å². The van der Waals surface area contributed by atoms with Crippen molar-refractivity contribution in [2.45, 2.75) is 6.54 Å². The fourth-order valence-electron chi connectivity index (χ4n) is 1.48. The number of nitrogens with zero attached hydrogens (tertiary/aromatic N) is 4. The first-order valence-corrected chi connectivity index (χ1v) is 6.76. The first kappa shape index (κ1) is 14.4. The van der Waals surface area contributed by atoms with Crippen LogP contribution < -0.4 is 10.4 Å². The van der Waals surface area contributed by atoms with Crippen LogP contribution in [0.15, 0.2) is 33.5 Å². The van der Waals surface area contributed by atoms with E-state index in [0.717, 1.165) is 0 Å². The zero-order valence-electron chi connectivity index (χ0n) is 11.1. The van der Waals surface area contributed by atoms with Gasteiger partial charge < -0.3 is 9.30 Å². The van der Waals surface area contributed by atoms with Crippen LogP contribution in [0.2, 0.25) is 0 Å². The topological polar surface area (TPSA) is 78.5 Å². The Hall–Kier alpha value is -2.06. The molecular weight excluding hydrogens is 280 g/mol. The van der Waals surface area contributed by atoms with E-state index < -0.39 is 5.91 Å². The number of aromatic nitrogens is 3. The summed E-state index contributed by atoms with van der Waals surface area (Å²) in [4.78, 5) is 28.1. The molecule has 0 unspecified atom stereocenters. The second-order valence-corrected chi connectivity index (χ2v) is 4.86. The third-order valence-electron chi connectivity index (χ3n) is 2.55. The summed E-state index contributed by atoms with van der Waals surface area (Å²) in [5.74, 6) is -0.478. The summed E-state index contributed by atoms with van der Waals surface area (Å²) in [6.07, 6.45) is 1.81. The maximum Gasteiger partial charge on any atom is 0.300 e. The molecule has 0 bridgehead atoms. The molecule has 0 spiro atoms. The van der Waals surface area contributed by atoms with E-state index in [-0.39, 0.29) is 11.3 Å². The Morgan fingerprint density at radius 1 is 1.50 bits per heavy atom. The summed E-state index contributed by atoms with van der Waals surface area (Å²) in [7, 11) is 3.34. The normalized spacial score (nSPS) is 11.8. The van der Waals surface area contributed by atoms with Gasteiger partial charge in [0.15, 0.2) is 10.5 Å². The zero-order valence-corrected chi connectivity index (χ0v) is 12.0. The van der Waals surface area contributed by atoms with Gasteiger partial charge in [0.05, 0.1) is 13.2 Å². The van der Waals surface area contributed by atoms with Gasteiger partial charge in [0.1, 0.15) is 0 Å². The van der Waals surface area contributed by atoms with Crippen molar-refractivity contribution >= 4 is 17.2 Å². The van der Waals surface area contributed by atoms with Gasteiger partial charge >= 0.3 is 0 Å². The molecular formula is C12H14N4O3S. The zero-order chi connectivity index (χ0) is 14.5. The van der Waals surface area contributed by atoms with Gasteiger partial charge in [-0.05, 0) is 6.07 Å². The van der Waals surface area contributed by atoms with Crippen molar-refractivity contribution in [3.8, 4) is 0 Å². The Kier molecular flexibility index (Phi) is 4.59. The van der Waals surface area contributed by atoms with Gasteiger partial charge in [-0.3, -0.25) is 9.59 Å². The van der Waals surface area contributed by atoms with Crippen molar-refractivity contribution in [3.63, 3.8) is 0 Å². The number of aryl methyl sites for hydroxylation is 1. The van der Waals surface area contributed by atoms with Crippen LogP contribution in [0, 0.1) is 0 Å². The van der Waals surface area contributed by atoms with E-state index in [1.165, 1.54) is 35.3 Å². The van der Waals surface area contributed by atoms with Crippen LogP contribution in [0.3, 0.4) is 0 Å². The molecule has 20 heavy (non-hydrogen) atoms. The van der Waals surface area contributed by atoms with Crippen molar-refractivity contribution in [1.82, 2.24) is 14.3 Å². The van der Waals surface area contributed by atoms with Crippen LogP contribution in [0.5, 0.6) is 0 Å². The van der Waals surface area contributed by atoms with E-state index in [0.29, 0.717) is 18.0 Å². The van der Waals surface area contributed by atoms with E-state index >= 15 is 0 Å². The Balaban J connectivity index is 2.32. The summed E-state index contributed by atoms with van der Waals surface area (Å²) in [6.45, 7) is 0.644. The van der Waals surface area contributed by atoms with Crippen LogP contribution in [0.4, 0.5) is 0 Å². The highest BCUT2D eigenvalue weighted by Crippen LogP contribution is 1.95. The standard InChI is InChI=1S/C12H14N4O3S/c1-15-6-8-20-12(15)13-11(18)9-3-4-10(17)16(14-9)5-7-19-2/h3-4,6,8H,5,7H2,1-2H3. The van der Waals surface area contributed by atoms with E-state index in [4.69, 9.17) is 4.74 Å². The molecule has 2 aromatic rings. The quantitative estimate of drug-likeness (QED) is 0.797. The van der Waals surface area contributed by atoms with Crippen LogP contribution in [0.1, 0.15) is 10.5 Å². The Labute approximate surface area is 118 Å². The molecule has 0 N–H and O–H groups in total. The van der Waals surface area contributed by atoms with Crippen LogP contribution in [-0.2, 0) is 18.3 Å². The van der Waals surface area contributed by atoms with Crippen molar-refractivity contribution in [2.24, 2.45) is 12.0 Å². The molecule has 2 heterocycles. The van der Waals surface area contributed by atoms with Gasteiger partial charge in [0.2, 0.25) is 0 Å². The lowest BCUT2D eigenvalue weighted by molar-refractivity contribution is 0.0989. The molecule has 0 atom stereocenters. The average Bonchev–Trinajstić information content (AvgIpc) is 2.83. The van der Waals surface area contributed by atoms with Gasteiger partial charge in [-0.2, -0.15) is 10.1 Å². The molecule has 106 valence electrons. The van der Waals surface area contributed by atoms with Crippen molar-refractivity contribution in [1.29, 1.82) is 0 Å². The minimum absolute atomic E-state index is 0.133. The predicted octanol–water partition coefficient (Wildman–Crippen LogP) is 0.0308. The largest absolute Gasteiger partial charge is 0.383 e. The Bertz CT molecular complexity index is 729. The molecule has 1 amide bonds. The molecule has 0 saturated carbocycles. The maximum absolute atomic E-state index is 12.0. The van der Waals surface area contributed by atoms with E-state index in [1.807, 2.05) is 11.6 Å². The van der Waals surface area contributed by atoms with Gasteiger partial charge in [-0.25, -0.2) is 4.68 Å². The molecule has 8 heteroatoms. The Morgan fingerprint density at radius 3 is 2.95 bits per heavy atom. The third-order valence-corrected chi connectivity index (χ3v) is 3.40. The molecule has 0 saturated heterocycles. The number of rotatable bonds is 4. The fourth-order valence-corrected chi connectivity index (χ4v) is 2.21. The minimum Gasteiger partial charge on any atom is -0.383 e. The fraction of sp³-hybridized carbons (Fsp3) is 0.333. The smallest absolute Gasteiger partial charge is 0.300 e. The lowest BCUT2D eigenvalue weighted by Gasteiger charge is -2.04. The first-order valence-electron chi connectivity index (χ1n) is 5.88. The van der Waals surface area contributed by atoms with Gasteiger partial charge in [-0.15, -0.1) is 11.3 Å². The van der Waals surface area contributed by atoms with Gasteiger partial charge in [0, 0.05) is 31.8 Å². The van der Waals surface area contributed by atoms with Gasteiger partial charge in [0.25, 0.3) is 11.5 Å². The molecule has 0 aromatic carbocycles. The average molecular weight is 294 g/mol. The Morgan fingerprint density at radius 2 is 2.30 bits per heavy atom. The van der Waals surface area contributed by atoms with Crippen LogP contribution in [-0.4, -0.2) is 34.0 Å². The SMILES string of the molecule is COCCn1nc(C(=O)N=c2sccn2C)ccc1=O. The maximum atomic E-state index is 12.0. The number of carbonyl (C=O) groups excluding carboxylic acids is 1. The lowest BCUT2D eigenvalue weighted by Crippen LogP contribution is -2.26. The molecule has 0 radical (unpaired) electrons. The lowest BCUT2D eigenvalue weighted by atomic mass is 10.4. The highest BCUT2D eigenvalue weighted by molar-refractivity contribution is 7.07. The number of hydrogen-bond donors (Lipinski definition) is 0. The summed E-state index contributed by atoms with van der Waals surface area (Å²) >= 11 is 1.35. The number of ether oxygens (including phenoxy) is 1. The number of hydrogen-bond acceptors (Lipinski definition) is 5. The van der Waals surface area contributed by atoms with Gasteiger partial charge in [-0.1, -0.05) is 0 Å². The summed E-state index contributed by atoms with van der Waals surface area (Å²) < 4.78 is 7.83. The minimum atomic E-state index is -0.478. The molecule has 0 aliphatic rings. The van der Waals surface area contributed by atoms with Crippen LogP contribution in [0.25, 0.3) is 0 Å². The number of thiazole rings is 1. The van der Waals surface area contributed by atoms with E-state index in [9.17, 15) is 9.59 Å². The second-order valence-electron chi connectivity index (χ2n) is 3.99. The first-order chi connectivity index (χ1) is 9.61. The summed E-state index contributed by atoms with van der Waals surface area (Å²) in [5.41, 5.74) is -0.144. The number of methoxy groups -OCH3 is 1. The molecule has 2 aromatic heterocycles. The summed E-state index contributed by atoms with van der Waals surface area (Å²) in [5, 5.41) is 5.83. The third kappa shape index (κ3) is 3.28. The number of carbonyl (C=O) groups is 1. The molecule has 0 aliphatic heterocycles. The molecule has 2 rings (SSSR count). The van der Waals surface area contributed by atoms with Crippen molar-refractivity contribution < 1.29 is 9.53 Å². The monoisotopic (exact) mass is 294 g/mol. The molecule has 7 nitrogen and oxygen atoms in total. The van der Waals surface area contributed by atoms with Crippen molar-refractivity contribution in [2.75, 3.05) is 13.7 Å². The van der Waals surface area contributed by atoms with Crippen LogP contribution >= 0.6 is 11.3 Å². The number of amides is 1. The highest BCUT2D eigenvalue weighted by Gasteiger charge is 2.09.